The van der Waals surface area contributed by atoms with E-state index in [1.54, 1.807) is 6.92 Å². The SMILES string of the molecule is CCNCc1cn[nH]c1S(=O)(=O)NCCc1nc(C)no1. The second kappa shape index (κ2) is 6.78. The van der Waals surface area contributed by atoms with E-state index >= 15 is 0 Å². The first-order valence-corrected chi connectivity index (χ1v) is 8.03. The highest BCUT2D eigenvalue weighted by molar-refractivity contribution is 7.89. The molecule has 0 aromatic carbocycles. The smallest absolute Gasteiger partial charge is 0.257 e. The lowest BCUT2D eigenvalue weighted by Gasteiger charge is -2.06. The van der Waals surface area contributed by atoms with Crippen LogP contribution in [0.1, 0.15) is 24.2 Å². The van der Waals surface area contributed by atoms with Gasteiger partial charge in [-0.1, -0.05) is 12.1 Å². The van der Waals surface area contributed by atoms with E-state index in [1.807, 2.05) is 6.92 Å². The van der Waals surface area contributed by atoms with Crippen molar-refractivity contribution in [1.29, 1.82) is 0 Å². The molecule has 0 unspecified atom stereocenters. The van der Waals surface area contributed by atoms with Crippen LogP contribution in [-0.4, -0.2) is 41.8 Å². The molecule has 2 heterocycles. The van der Waals surface area contributed by atoms with Crippen LogP contribution in [0.5, 0.6) is 0 Å². The topological polar surface area (TPSA) is 126 Å². The number of H-pyrrole nitrogens is 1. The van der Waals surface area contributed by atoms with E-state index in [-0.39, 0.29) is 11.6 Å². The van der Waals surface area contributed by atoms with E-state index in [4.69, 9.17) is 4.52 Å². The Hall–Kier alpha value is -1.78. The summed E-state index contributed by atoms with van der Waals surface area (Å²) in [6, 6.07) is 0. The molecule has 9 nitrogen and oxygen atoms in total. The monoisotopic (exact) mass is 314 g/mol. The highest BCUT2D eigenvalue weighted by Gasteiger charge is 2.20. The maximum atomic E-state index is 12.2. The Bertz CT molecular complexity index is 678. The van der Waals surface area contributed by atoms with Gasteiger partial charge in [-0.15, -0.1) is 0 Å². The number of nitrogens with one attached hydrogen (secondary N) is 3. The number of nitrogens with zero attached hydrogens (tertiary/aromatic N) is 3. The van der Waals surface area contributed by atoms with E-state index in [0.29, 0.717) is 30.2 Å². The van der Waals surface area contributed by atoms with Crippen LogP contribution in [0.15, 0.2) is 15.7 Å². The summed E-state index contributed by atoms with van der Waals surface area (Å²) in [6.45, 7) is 5.00. The number of aromatic amines is 1. The van der Waals surface area contributed by atoms with Crippen LogP contribution in [0.25, 0.3) is 0 Å². The molecule has 0 fully saturated rings. The minimum absolute atomic E-state index is 0.0742. The average Bonchev–Trinajstić information content (AvgIpc) is 3.05. The molecular weight excluding hydrogens is 296 g/mol. The summed E-state index contributed by atoms with van der Waals surface area (Å²) < 4.78 is 31.8. The number of hydrogen-bond donors (Lipinski definition) is 3. The van der Waals surface area contributed by atoms with Gasteiger partial charge in [0.15, 0.2) is 10.9 Å². The van der Waals surface area contributed by atoms with Crippen molar-refractivity contribution in [3.63, 3.8) is 0 Å². The third kappa shape index (κ3) is 4.09. The van der Waals surface area contributed by atoms with Crippen molar-refractivity contribution in [2.24, 2.45) is 0 Å². The Morgan fingerprint density at radius 3 is 2.90 bits per heavy atom. The highest BCUT2D eigenvalue weighted by atomic mass is 32.2. The Morgan fingerprint density at radius 2 is 2.24 bits per heavy atom. The van der Waals surface area contributed by atoms with E-state index in [2.05, 4.69) is 30.4 Å². The van der Waals surface area contributed by atoms with Crippen LogP contribution in [0.4, 0.5) is 0 Å². The summed E-state index contributed by atoms with van der Waals surface area (Å²) in [5.74, 6) is 0.919. The van der Waals surface area contributed by atoms with E-state index in [9.17, 15) is 8.42 Å². The quantitative estimate of drug-likeness (QED) is 0.612. The fourth-order valence-electron chi connectivity index (χ4n) is 1.72. The highest BCUT2D eigenvalue weighted by Crippen LogP contribution is 2.11. The fraction of sp³-hybridized carbons (Fsp3) is 0.545. The van der Waals surface area contributed by atoms with Gasteiger partial charge in [0.25, 0.3) is 10.0 Å². The van der Waals surface area contributed by atoms with Crippen molar-refractivity contribution in [3.8, 4) is 0 Å². The number of aryl methyl sites for hydroxylation is 1. The molecular formula is C11H18N6O3S. The van der Waals surface area contributed by atoms with Gasteiger partial charge in [0.05, 0.1) is 6.20 Å². The number of sulfonamides is 1. The van der Waals surface area contributed by atoms with Crippen LogP contribution in [0.2, 0.25) is 0 Å². The van der Waals surface area contributed by atoms with Gasteiger partial charge in [0, 0.05) is 25.1 Å². The van der Waals surface area contributed by atoms with Crippen molar-refractivity contribution in [2.45, 2.75) is 31.8 Å². The first-order valence-electron chi connectivity index (χ1n) is 6.54. The maximum absolute atomic E-state index is 12.2. The fourth-order valence-corrected chi connectivity index (χ4v) is 2.88. The Morgan fingerprint density at radius 1 is 1.43 bits per heavy atom. The van der Waals surface area contributed by atoms with Crippen LogP contribution in [0, 0.1) is 6.92 Å². The lowest BCUT2D eigenvalue weighted by Crippen LogP contribution is -2.28. The predicted molar refractivity (Wildman–Crippen MR) is 73.9 cm³/mol. The molecule has 0 aliphatic heterocycles. The Labute approximate surface area is 122 Å². The summed E-state index contributed by atoms with van der Waals surface area (Å²) in [7, 11) is -3.64. The Kier molecular flexibility index (Phi) is 5.04. The van der Waals surface area contributed by atoms with Crippen molar-refractivity contribution in [2.75, 3.05) is 13.1 Å². The summed E-state index contributed by atoms with van der Waals surface area (Å²) in [6.07, 6.45) is 1.83. The molecule has 116 valence electrons. The molecule has 0 aliphatic carbocycles. The van der Waals surface area contributed by atoms with Crippen LogP contribution in [-0.2, 0) is 23.0 Å². The van der Waals surface area contributed by atoms with Gasteiger partial charge in [-0.05, 0) is 13.5 Å². The lowest BCUT2D eigenvalue weighted by atomic mass is 10.3. The molecule has 0 amide bonds. The normalized spacial score (nSPS) is 11.9. The molecule has 0 atom stereocenters. The molecule has 2 aromatic heterocycles. The van der Waals surface area contributed by atoms with Crippen molar-refractivity contribution in [3.05, 3.63) is 23.5 Å². The lowest BCUT2D eigenvalue weighted by molar-refractivity contribution is 0.375. The first-order chi connectivity index (χ1) is 10.0. The van der Waals surface area contributed by atoms with E-state index in [1.165, 1.54) is 6.20 Å². The van der Waals surface area contributed by atoms with Crippen molar-refractivity contribution >= 4 is 10.0 Å². The zero-order chi connectivity index (χ0) is 15.3. The maximum Gasteiger partial charge on any atom is 0.257 e. The predicted octanol–water partition coefficient (Wildman–Crippen LogP) is -0.268. The van der Waals surface area contributed by atoms with Gasteiger partial charge in [-0.3, -0.25) is 5.10 Å². The number of aromatic nitrogens is 4. The summed E-state index contributed by atoms with van der Waals surface area (Å²) in [5.41, 5.74) is 0.595. The molecule has 0 spiro atoms. The minimum atomic E-state index is -3.64. The van der Waals surface area contributed by atoms with Crippen LogP contribution in [0.3, 0.4) is 0 Å². The second-order valence-electron chi connectivity index (χ2n) is 4.39. The molecule has 2 aromatic rings. The van der Waals surface area contributed by atoms with Gasteiger partial charge in [-0.25, -0.2) is 13.1 Å². The summed E-state index contributed by atoms with van der Waals surface area (Å²) >= 11 is 0. The van der Waals surface area contributed by atoms with Crippen molar-refractivity contribution in [1.82, 2.24) is 30.4 Å². The Balaban J connectivity index is 1.96. The third-order valence-electron chi connectivity index (χ3n) is 2.71. The van der Waals surface area contributed by atoms with Gasteiger partial charge < -0.3 is 9.84 Å². The molecule has 10 heteroatoms. The van der Waals surface area contributed by atoms with Crippen molar-refractivity contribution < 1.29 is 12.9 Å². The molecule has 0 bridgehead atoms. The molecule has 3 N–H and O–H groups in total. The molecule has 0 saturated heterocycles. The largest absolute Gasteiger partial charge is 0.339 e. The summed E-state index contributed by atoms with van der Waals surface area (Å²) in [4.78, 5) is 4.01. The van der Waals surface area contributed by atoms with Gasteiger partial charge in [-0.2, -0.15) is 10.1 Å². The first kappa shape index (κ1) is 15.6. The van der Waals surface area contributed by atoms with Crippen LogP contribution < -0.4 is 10.0 Å². The zero-order valence-corrected chi connectivity index (χ0v) is 12.7. The minimum Gasteiger partial charge on any atom is -0.339 e. The summed E-state index contributed by atoms with van der Waals surface area (Å²) in [5, 5.41) is 13.1. The molecule has 21 heavy (non-hydrogen) atoms. The second-order valence-corrected chi connectivity index (χ2v) is 6.09. The molecule has 0 radical (unpaired) electrons. The van der Waals surface area contributed by atoms with Gasteiger partial charge in [0.1, 0.15) is 0 Å². The number of rotatable bonds is 8. The third-order valence-corrected chi connectivity index (χ3v) is 4.19. The van der Waals surface area contributed by atoms with E-state index < -0.39 is 10.0 Å². The average molecular weight is 314 g/mol. The standard InChI is InChI=1S/C11H18N6O3S/c1-3-12-6-9-7-13-16-11(9)21(18,19)14-5-4-10-15-8(2)17-20-10/h7,12,14H,3-6H2,1-2H3,(H,13,16). The van der Waals surface area contributed by atoms with Gasteiger partial charge >= 0.3 is 0 Å². The molecule has 2 rings (SSSR count). The molecule has 0 aliphatic rings. The van der Waals surface area contributed by atoms with Gasteiger partial charge in [0.2, 0.25) is 5.89 Å². The van der Waals surface area contributed by atoms with E-state index in [0.717, 1.165) is 6.54 Å². The zero-order valence-electron chi connectivity index (χ0n) is 11.9. The number of hydrogen-bond acceptors (Lipinski definition) is 7. The van der Waals surface area contributed by atoms with Crippen LogP contribution >= 0.6 is 0 Å². The molecule has 0 saturated carbocycles.